The largest absolute Gasteiger partial charge is 0.354 e. The Bertz CT molecular complexity index is 812. The first-order valence-corrected chi connectivity index (χ1v) is 10.3. The van der Waals surface area contributed by atoms with Crippen LogP contribution >= 0.6 is 0 Å². The van der Waals surface area contributed by atoms with Crippen molar-refractivity contribution < 1.29 is 9.59 Å². The average molecular weight is 382 g/mol. The van der Waals surface area contributed by atoms with Crippen molar-refractivity contribution in [1.29, 1.82) is 0 Å². The van der Waals surface area contributed by atoms with E-state index in [1.54, 1.807) is 0 Å². The fourth-order valence-electron chi connectivity index (χ4n) is 3.75. The molecule has 0 spiro atoms. The molecule has 1 saturated heterocycles. The van der Waals surface area contributed by atoms with Crippen LogP contribution in [0.3, 0.4) is 0 Å². The molecule has 28 heavy (non-hydrogen) atoms. The summed E-state index contributed by atoms with van der Waals surface area (Å²) in [6.07, 6.45) is 2.55. The highest BCUT2D eigenvalue weighted by atomic mass is 16.2. The van der Waals surface area contributed by atoms with Crippen molar-refractivity contribution in [2.75, 3.05) is 19.6 Å². The van der Waals surface area contributed by atoms with Gasteiger partial charge in [-0.25, -0.2) is 0 Å². The summed E-state index contributed by atoms with van der Waals surface area (Å²) in [6.45, 7) is 6.59. The molecule has 0 saturated carbocycles. The van der Waals surface area contributed by atoms with Crippen molar-refractivity contribution in [1.82, 2.24) is 16.0 Å². The maximum Gasteiger partial charge on any atom is 0.242 e. The summed E-state index contributed by atoms with van der Waals surface area (Å²) < 4.78 is 0. The Morgan fingerprint density at radius 1 is 1.14 bits per heavy atom. The third kappa shape index (κ3) is 5.55. The Labute approximate surface area is 167 Å². The Hall–Kier alpha value is -2.40. The standard InChI is InChI=1S/C23H31N3O2/c1-16(2)22(23(28)25-15-18-6-5-11-24-14-18)26-21(27)13-17-9-10-19-7-3-4-8-20(19)12-17/h3-4,7-10,12,16,18,22,24H,5-6,11,13-15H2,1-2H3,(H,25,28)(H,26,27)/t18-,22-/m0/s1. The predicted octanol–water partition coefficient (Wildman–Crippen LogP) is 2.64. The summed E-state index contributed by atoms with van der Waals surface area (Å²) in [5.41, 5.74) is 0.951. The number of hydrogen-bond donors (Lipinski definition) is 3. The van der Waals surface area contributed by atoms with Gasteiger partial charge in [-0.15, -0.1) is 0 Å². The van der Waals surface area contributed by atoms with Crippen molar-refractivity contribution in [3.8, 4) is 0 Å². The van der Waals surface area contributed by atoms with Crippen LogP contribution in [0.2, 0.25) is 0 Å². The van der Waals surface area contributed by atoms with E-state index in [1.807, 2.05) is 50.2 Å². The van der Waals surface area contributed by atoms with Crippen molar-refractivity contribution in [3.63, 3.8) is 0 Å². The first kappa shape index (κ1) is 20.3. The fraction of sp³-hybridized carbons (Fsp3) is 0.478. The minimum Gasteiger partial charge on any atom is -0.354 e. The molecule has 5 heteroatoms. The number of fused-ring (bicyclic) bond motifs is 1. The van der Waals surface area contributed by atoms with Crippen LogP contribution in [0.4, 0.5) is 0 Å². The molecule has 0 bridgehead atoms. The van der Waals surface area contributed by atoms with Gasteiger partial charge in [0.2, 0.25) is 11.8 Å². The fourth-order valence-corrected chi connectivity index (χ4v) is 3.75. The van der Waals surface area contributed by atoms with Crippen LogP contribution in [0.5, 0.6) is 0 Å². The first-order chi connectivity index (χ1) is 13.5. The smallest absolute Gasteiger partial charge is 0.242 e. The van der Waals surface area contributed by atoms with Gasteiger partial charge in [-0.05, 0) is 54.1 Å². The maximum atomic E-state index is 12.6. The lowest BCUT2D eigenvalue weighted by Crippen LogP contribution is -2.51. The van der Waals surface area contributed by atoms with Crippen LogP contribution in [0.15, 0.2) is 42.5 Å². The Morgan fingerprint density at radius 2 is 1.93 bits per heavy atom. The van der Waals surface area contributed by atoms with Gasteiger partial charge >= 0.3 is 0 Å². The van der Waals surface area contributed by atoms with Crippen molar-refractivity contribution >= 4 is 22.6 Å². The molecule has 0 radical (unpaired) electrons. The highest BCUT2D eigenvalue weighted by Crippen LogP contribution is 2.16. The summed E-state index contributed by atoms with van der Waals surface area (Å²) in [6, 6.07) is 13.6. The van der Waals surface area contributed by atoms with E-state index in [-0.39, 0.29) is 24.2 Å². The zero-order chi connectivity index (χ0) is 19.9. The minimum atomic E-state index is -0.510. The number of piperidine rings is 1. The van der Waals surface area contributed by atoms with Gasteiger partial charge in [0.15, 0.2) is 0 Å². The van der Waals surface area contributed by atoms with E-state index in [0.29, 0.717) is 12.5 Å². The molecule has 1 heterocycles. The third-order valence-corrected chi connectivity index (χ3v) is 5.41. The first-order valence-electron chi connectivity index (χ1n) is 10.3. The second-order valence-corrected chi connectivity index (χ2v) is 8.11. The van der Waals surface area contributed by atoms with Gasteiger partial charge in [0.05, 0.1) is 6.42 Å². The average Bonchev–Trinajstić information content (AvgIpc) is 2.70. The quantitative estimate of drug-likeness (QED) is 0.691. The van der Waals surface area contributed by atoms with E-state index in [4.69, 9.17) is 0 Å². The van der Waals surface area contributed by atoms with Crippen LogP contribution in [0.1, 0.15) is 32.3 Å². The van der Waals surface area contributed by atoms with Crippen LogP contribution in [-0.2, 0) is 16.0 Å². The topological polar surface area (TPSA) is 70.2 Å². The molecule has 2 aromatic carbocycles. The van der Waals surface area contributed by atoms with Gasteiger partial charge in [0.25, 0.3) is 0 Å². The lowest BCUT2D eigenvalue weighted by Gasteiger charge is -2.26. The monoisotopic (exact) mass is 381 g/mol. The molecule has 3 N–H and O–H groups in total. The molecule has 3 rings (SSSR count). The van der Waals surface area contributed by atoms with Crippen molar-refractivity contribution in [2.24, 2.45) is 11.8 Å². The molecular formula is C23H31N3O2. The molecule has 2 amide bonds. The van der Waals surface area contributed by atoms with Gasteiger partial charge < -0.3 is 16.0 Å². The highest BCUT2D eigenvalue weighted by Gasteiger charge is 2.25. The summed E-state index contributed by atoms with van der Waals surface area (Å²) in [5, 5.41) is 11.6. The highest BCUT2D eigenvalue weighted by molar-refractivity contribution is 5.89. The van der Waals surface area contributed by atoms with Gasteiger partial charge in [-0.3, -0.25) is 9.59 Å². The molecular weight excluding hydrogens is 350 g/mol. The van der Waals surface area contributed by atoms with Crippen LogP contribution in [-0.4, -0.2) is 37.5 Å². The number of amides is 2. The SMILES string of the molecule is CC(C)[C@H](NC(=O)Cc1ccc2ccccc2c1)C(=O)NC[C@H]1CCCNC1. The molecule has 1 aliphatic rings. The number of hydrogen-bond acceptors (Lipinski definition) is 3. The molecule has 0 unspecified atom stereocenters. The summed E-state index contributed by atoms with van der Waals surface area (Å²) in [5.74, 6) is 0.291. The molecule has 0 aliphatic carbocycles. The summed E-state index contributed by atoms with van der Waals surface area (Å²) >= 11 is 0. The summed E-state index contributed by atoms with van der Waals surface area (Å²) in [4.78, 5) is 25.2. The molecule has 150 valence electrons. The van der Waals surface area contributed by atoms with Gasteiger partial charge in [-0.2, -0.15) is 0 Å². The molecule has 5 nitrogen and oxygen atoms in total. The van der Waals surface area contributed by atoms with Gasteiger partial charge in [-0.1, -0.05) is 56.3 Å². The number of carbonyl (C=O) groups excluding carboxylic acids is 2. The molecule has 1 fully saturated rings. The molecule has 0 aromatic heterocycles. The minimum absolute atomic E-state index is 0.0324. The predicted molar refractivity (Wildman–Crippen MR) is 113 cm³/mol. The Morgan fingerprint density at radius 3 is 2.64 bits per heavy atom. The second kappa shape index (κ2) is 9.69. The van der Waals surface area contributed by atoms with Crippen molar-refractivity contribution in [3.05, 3.63) is 48.0 Å². The lowest BCUT2D eigenvalue weighted by atomic mass is 9.98. The van der Waals surface area contributed by atoms with Crippen LogP contribution in [0, 0.1) is 11.8 Å². The van der Waals surface area contributed by atoms with E-state index in [9.17, 15) is 9.59 Å². The van der Waals surface area contributed by atoms with Crippen LogP contribution in [0.25, 0.3) is 10.8 Å². The third-order valence-electron chi connectivity index (χ3n) is 5.41. The van der Waals surface area contributed by atoms with E-state index in [2.05, 4.69) is 22.0 Å². The Kier molecular flexibility index (Phi) is 7.04. The second-order valence-electron chi connectivity index (χ2n) is 8.11. The maximum absolute atomic E-state index is 12.6. The summed E-state index contributed by atoms with van der Waals surface area (Å²) in [7, 11) is 0. The number of rotatable bonds is 7. The van der Waals surface area contributed by atoms with Crippen molar-refractivity contribution in [2.45, 2.75) is 39.2 Å². The number of benzene rings is 2. The zero-order valence-corrected chi connectivity index (χ0v) is 16.8. The van der Waals surface area contributed by atoms with Gasteiger partial charge in [0.1, 0.15) is 6.04 Å². The van der Waals surface area contributed by atoms with E-state index in [1.165, 1.54) is 0 Å². The lowest BCUT2D eigenvalue weighted by molar-refractivity contribution is -0.129. The number of carbonyl (C=O) groups is 2. The zero-order valence-electron chi connectivity index (χ0n) is 16.8. The van der Waals surface area contributed by atoms with E-state index < -0.39 is 6.04 Å². The van der Waals surface area contributed by atoms with E-state index >= 15 is 0 Å². The van der Waals surface area contributed by atoms with Gasteiger partial charge in [0, 0.05) is 6.54 Å². The number of nitrogens with one attached hydrogen (secondary N) is 3. The molecule has 1 aliphatic heterocycles. The molecule has 2 atom stereocenters. The van der Waals surface area contributed by atoms with Crippen LogP contribution < -0.4 is 16.0 Å². The van der Waals surface area contributed by atoms with E-state index in [0.717, 1.165) is 42.3 Å². The Balaban J connectivity index is 1.55. The molecule has 2 aromatic rings. The normalized spacial score (nSPS) is 18.0.